The summed E-state index contributed by atoms with van der Waals surface area (Å²) in [5.74, 6) is 0.855. The van der Waals surface area contributed by atoms with E-state index in [-0.39, 0.29) is 0 Å². The number of hydrogen-bond donors (Lipinski definition) is 0. The summed E-state index contributed by atoms with van der Waals surface area (Å²) < 4.78 is 15.4. The summed E-state index contributed by atoms with van der Waals surface area (Å²) >= 11 is 0. The van der Waals surface area contributed by atoms with Gasteiger partial charge in [-0.1, -0.05) is 18.7 Å². The van der Waals surface area contributed by atoms with Gasteiger partial charge in [-0.2, -0.15) is 0 Å². The van der Waals surface area contributed by atoms with Crippen molar-refractivity contribution < 1.29 is 14.2 Å². The normalized spacial score (nSPS) is 9.67. The summed E-state index contributed by atoms with van der Waals surface area (Å²) in [7, 11) is 1.65. The molecule has 0 aromatic heterocycles. The van der Waals surface area contributed by atoms with Crippen LogP contribution in [0.15, 0.2) is 37.1 Å². The standard InChI is InChI=1S/C12H16O3/c1-3-14-8-9-15-10-11-4-6-12(13-2)7-5-11/h3-7H,1,8-10H2,2H3. The monoisotopic (exact) mass is 208 g/mol. The zero-order valence-electron chi connectivity index (χ0n) is 8.94. The van der Waals surface area contributed by atoms with Crippen molar-refractivity contribution in [2.24, 2.45) is 0 Å². The fraction of sp³-hybridized carbons (Fsp3) is 0.333. The Morgan fingerprint density at radius 3 is 2.53 bits per heavy atom. The van der Waals surface area contributed by atoms with E-state index in [0.29, 0.717) is 19.8 Å². The Labute approximate surface area is 90.3 Å². The first-order valence-corrected chi connectivity index (χ1v) is 4.80. The van der Waals surface area contributed by atoms with Gasteiger partial charge in [-0.15, -0.1) is 0 Å². The van der Waals surface area contributed by atoms with Crippen molar-refractivity contribution in [3.8, 4) is 5.75 Å². The van der Waals surface area contributed by atoms with Crippen molar-refractivity contribution in [1.82, 2.24) is 0 Å². The number of rotatable bonds is 7. The van der Waals surface area contributed by atoms with Crippen LogP contribution in [0.1, 0.15) is 5.56 Å². The van der Waals surface area contributed by atoms with E-state index in [4.69, 9.17) is 14.2 Å². The maximum atomic E-state index is 5.38. The first kappa shape index (κ1) is 11.6. The highest BCUT2D eigenvalue weighted by Gasteiger charge is 1.94. The van der Waals surface area contributed by atoms with Crippen molar-refractivity contribution in [2.45, 2.75) is 6.61 Å². The lowest BCUT2D eigenvalue weighted by Crippen LogP contribution is -2.01. The van der Waals surface area contributed by atoms with Crippen LogP contribution in [-0.4, -0.2) is 20.3 Å². The van der Waals surface area contributed by atoms with E-state index < -0.39 is 0 Å². The number of hydrogen-bond acceptors (Lipinski definition) is 3. The highest BCUT2D eigenvalue weighted by atomic mass is 16.5. The van der Waals surface area contributed by atoms with Crippen LogP contribution < -0.4 is 4.74 Å². The third kappa shape index (κ3) is 4.51. The Kier molecular flexibility index (Phi) is 5.33. The van der Waals surface area contributed by atoms with Gasteiger partial charge in [-0.3, -0.25) is 0 Å². The highest BCUT2D eigenvalue weighted by molar-refractivity contribution is 5.26. The summed E-state index contributed by atoms with van der Waals surface area (Å²) in [4.78, 5) is 0. The van der Waals surface area contributed by atoms with Gasteiger partial charge in [0.05, 0.1) is 26.6 Å². The molecule has 1 aromatic carbocycles. The fourth-order valence-corrected chi connectivity index (χ4v) is 1.10. The second-order valence-electron chi connectivity index (χ2n) is 2.94. The topological polar surface area (TPSA) is 27.7 Å². The number of methoxy groups -OCH3 is 1. The van der Waals surface area contributed by atoms with E-state index in [1.165, 1.54) is 6.26 Å². The van der Waals surface area contributed by atoms with Crippen molar-refractivity contribution in [3.63, 3.8) is 0 Å². The molecule has 3 nitrogen and oxygen atoms in total. The van der Waals surface area contributed by atoms with Gasteiger partial charge in [-0.05, 0) is 17.7 Å². The van der Waals surface area contributed by atoms with Gasteiger partial charge in [0.2, 0.25) is 0 Å². The van der Waals surface area contributed by atoms with Crippen molar-refractivity contribution in [3.05, 3.63) is 42.7 Å². The summed E-state index contributed by atoms with van der Waals surface area (Å²) in [6.45, 7) is 5.14. The molecule has 0 aliphatic heterocycles. The minimum atomic E-state index is 0.541. The van der Waals surface area contributed by atoms with Crippen LogP contribution in [0, 0.1) is 0 Å². The lowest BCUT2D eigenvalue weighted by atomic mass is 10.2. The molecule has 82 valence electrons. The zero-order valence-corrected chi connectivity index (χ0v) is 8.94. The lowest BCUT2D eigenvalue weighted by Gasteiger charge is -2.05. The Morgan fingerprint density at radius 1 is 1.20 bits per heavy atom. The van der Waals surface area contributed by atoms with Gasteiger partial charge in [0, 0.05) is 0 Å². The molecule has 0 bridgehead atoms. The van der Waals surface area contributed by atoms with Crippen molar-refractivity contribution >= 4 is 0 Å². The second-order valence-corrected chi connectivity index (χ2v) is 2.94. The molecule has 0 fully saturated rings. The van der Waals surface area contributed by atoms with Crippen molar-refractivity contribution in [2.75, 3.05) is 20.3 Å². The number of benzene rings is 1. The Balaban J connectivity index is 2.22. The number of ether oxygens (including phenoxy) is 3. The summed E-state index contributed by atoms with van der Waals surface area (Å²) in [5, 5.41) is 0. The van der Waals surface area contributed by atoms with E-state index in [2.05, 4.69) is 6.58 Å². The summed E-state index contributed by atoms with van der Waals surface area (Å²) in [6, 6.07) is 7.79. The van der Waals surface area contributed by atoms with E-state index >= 15 is 0 Å². The molecule has 0 spiro atoms. The molecular formula is C12H16O3. The fourth-order valence-electron chi connectivity index (χ4n) is 1.10. The molecule has 1 rings (SSSR count). The molecule has 0 saturated carbocycles. The molecule has 0 aliphatic carbocycles. The Morgan fingerprint density at radius 2 is 1.93 bits per heavy atom. The minimum Gasteiger partial charge on any atom is -0.499 e. The lowest BCUT2D eigenvalue weighted by molar-refractivity contribution is 0.0750. The van der Waals surface area contributed by atoms with Crippen LogP contribution in [-0.2, 0) is 16.1 Å². The van der Waals surface area contributed by atoms with Gasteiger partial charge in [0.25, 0.3) is 0 Å². The molecule has 0 saturated heterocycles. The van der Waals surface area contributed by atoms with E-state index in [9.17, 15) is 0 Å². The maximum Gasteiger partial charge on any atom is 0.118 e. The molecule has 0 heterocycles. The molecule has 3 heteroatoms. The first-order valence-electron chi connectivity index (χ1n) is 4.80. The molecule has 0 N–H and O–H groups in total. The van der Waals surface area contributed by atoms with Gasteiger partial charge < -0.3 is 14.2 Å². The predicted molar refractivity (Wildman–Crippen MR) is 58.8 cm³/mol. The molecule has 15 heavy (non-hydrogen) atoms. The van der Waals surface area contributed by atoms with Gasteiger partial charge in [0.1, 0.15) is 12.4 Å². The maximum absolute atomic E-state index is 5.38. The largest absolute Gasteiger partial charge is 0.499 e. The molecule has 0 aliphatic rings. The smallest absolute Gasteiger partial charge is 0.118 e. The summed E-state index contributed by atoms with van der Waals surface area (Å²) in [6.07, 6.45) is 1.41. The van der Waals surface area contributed by atoms with E-state index in [1.807, 2.05) is 24.3 Å². The third-order valence-corrected chi connectivity index (χ3v) is 1.89. The third-order valence-electron chi connectivity index (χ3n) is 1.89. The van der Waals surface area contributed by atoms with E-state index in [1.54, 1.807) is 7.11 Å². The Hall–Kier alpha value is -1.48. The quantitative estimate of drug-likeness (QED) is 0.508. The predicted octanol–water partition coefficient (Wildman–Crippen LogP) is 2.37. The second kappa shape index (κ2) is 6.90. The molecule has 0 unspecified atom stereocenters. The van der Waals surface area contributed by atoms with Gasteiger partial charge in [-0.25, -0.2) is 0 Å². The summed E-state index contributed by atoms with van der Waals surface area (Å²) in [5.41, 5.74) is 1.12. The average molecular weight is 208 g/mol. The van der Waals surface area contributed by atoms with Crippen LogP contribution in [0.2, 0.25) is 0 Å². The average Bonchev–Trinajstić information content (AvgIpc) is 2.30. The van der Waals surface area contributed by atoms with Crippen LogP contribution >= 0.6 is 0 Å². The molecule has 0 radical (unpaired) electrons. The first-order chi connectivity index (χ1) is 7.36. The van der Waals surface area contributed by atoms with Crippen LogP contribution in [0.3, 0.4) is 0 Å². The SMILES string of the molecule is C=COCCOCc1ccc(OC)cc1. The minimum absolute atomic E-state index is 0.541. The van der Waals surface area contributed by atoms with Gasteiger partial charge >= 0.3 is 0 Å². The molecule has 0 atom stereocenters. The van der Waals surface area contributed by atoms with E-state index in [0.717, 1.165) is 11.3 Å². The Bertz CT molecular complexity index is 279. The van der Waals surface area contributed by atoms with Crippen LogP contribution in [0.4, 0.5) is 0 Å². The van der Waals surface area contributed by atoms with Crippen LogP contribution in [0.25, 0.3) is 0 Å². The highest BCUT2D eigenvalue weighted by Crippen LogP contribution is 2.11. The molecule has 0 amide bonds. The molecular weight excluding hydrogens is 192 g/mol. The van der Waals surface area contributed by atoms with Crippen molar-refractivity contribution in [1.29, 1.82) is 0 Å². The van der Waals surface area contributed by atoms with Gasteiger partial charge in [0.15, 0.2) is 0 Å². The zero-order chi connectivity index (χ0) is 10.9. The van der Waals surface area contributed by atoms with Crippen LogP contribution in [0.5, 0.6) is 5.75 Å². The molecule has 1 aromatic rings.